The summed E-state index contributed by atoms with van der Waals surface area (Å²) in [5.74, 6) is 2.64. The normalized spacial score (nSPS) is 18.6. The molecule has 7 nitrogen and oxygen atoms in total. The van der Waals surface area contributed by atoms with Crippen molar-refractivity contribution in [1.82, 2.24) is 20.0 Å². The molecule has 0 radical (unpaired) electrons. The molecule has 0 aliphatic carbocycles. The molecule has 0 unspecified atom stereocenters. The summed E-state index contributed by atoms with van der Waals surface area (Å²) in [7, 11) is 1.50. The van der Waals surface area contributed by atoms with Crippen molar-refractivity contribution in [1.29, 1.82) is 0 Å². The SMILES string of the molecule is COc1c[nH]c(CN2CCC[C@H](c3nc(CC(C)C)no3)C2)cc1=O. The van der Waals surface area contributed by atoms with Gasteiger partial charge in [0.1, 0.15) is 0 Å². The molecule has 0 spiro atoms. The molecule has 3 heterocycles. The largest absolute Gasteiger partial charge is 0.491 e. The average molecular weight is 346 g/mol. The van der Waals surface area contributed by atoms with E-state index in [1.165, 1.54) is 7.11 Å². The zero-order valence-electron chi connectivity index (χ0n) is 15.1. The first-order valence-electron chi connectivity index (χ1n) is 8.85. The highest BCUT2D eigenvalue weighted by atomic mass is 16.5. The van der Waals surface area contributed by atoms with Crippen molar-refractivity contribution in [3.63, 3.8) is 0 Å². The van der Waals surface area contributed by atoms with Crippen LogP contribution in [-0.4, -0.2) is 40.2 Å². The van der Waals surface area contributed by atoms with E-state index in [1.807, 2.05) is 0 Å². The molecule has 136 valence electrons. The molecule has 0 bridgehead atoms. The van der Waals surface area contributed by atoms with E-state index in [9.17, 15) is 4.79 Å². The molecule has 0 saturated carbocycles. The lowest BCUT2D eigenvalue weighted by atomic mass is 9.98. The number of hydrogen-bond acceptors (Lipinski definition) is 6. The zero-order chi connectivity index (χ0) is 17.8. The van der Waals surface area contributed by atoms with Gasteiger partial charge in [-0.05, 0) is 25.3 Å². The first-order valence-corrected chi connectivity index (χ1v) is 8.85. The number of H-pyrrole nitrogens is 1. The third-order valence-corrected chi connectivity index (χ3v) is 4.48. The molecule has 1 atom stereocenters. The van der Waals surface area contributed by atoms with Crippen LogP contribution in [0.2, 0.25) is 0 Å². The van der Waals surface area contributed by atoms with E-state index in [4.69, 9.17) is 9.26 Å². The highest BCUT2D eigenvalue weighted by Gasteiger charge is 2.26. The minimum atomic E-state index is -0.0972. The van der Waals surface area contributed by atoms with Crippen molar-refractivity contribution in [2.24, 2.45) is 5.92 Å². The molecule has 25 heavy (non-hydrogen) atoms. The van der Waals surface area contributed by atoms with Gasteiger partial charge in [-0.2, -0.15) is 4.98 Å². The van der Waals surface area contributed by atoms with E-state index in [0.29, 0.717) is 18.2 Å². The van der Waals surface area contributed by atoms with Gasteiger partial charge >= 0.3 is 0 Å². The van der Waals surface area contributed by atoms with E-state index in [2.05, 4.69) is 33.9 Å². The number of nitrogens with zero attached hydrogens (tertiary/aromatic N) is 3. The number of likely N-dealkylation sites (tertiary alicyclic amines) is 1. The molecule has 2 aromatic heterocycles. The van der Waals surface area contributed by atoms with Crippen molar-refractivity contribution in [3.8, 4) is 5.75 Å². The van der Waals surface area contributed by atoms with Gasteiger partial charge in [0, 0.05) is 37.5 Å². The molecule has 1 aliphatic rings. The standard InChI is InChI=1S/C18H26N4O3/c1-12(2)7-17-20-18(25-21-17)13-5-4-6-22(10-13)11-14-8-15(23)16(24-3)9-19-14/h8-9,12-13H,4-7,10-11H2,1-3H3,(H,19,23)/t13-/m0/s1. The molecular formula is C18H26N4O3. The number of pyridine rings is 1. The Morgan fingerprint density at radius 3 is 3.04 bits per heavy atom. The Bertz CT molecular complexity index is 753. The van der Waals surface area contributed by atoms with Gasteiger partial charge in [0.15, 0.2) is 11.6 Å². The van der Waals surface area contributed by atoms with Crippen LogP contribution < -0.4 is 10.2 Å². The Morgan fingerprint density at radius 2 is 2.32 bits per heavy atom. The van der Waals surface area contributed by atoms with Crippen LogP contribution in [-0.2, 0) is 13.0 Å². The molecule has 1 aliphatic heterocycles. The van der Waals surface area contributed by atoms with Crippen LogP contribution in [0.4, 0.5) is 0 Å². The van der Waals surface area contributed by atoms with Gasteiger partial charge < -0.3 is 14.2 Å². The van der Waals surface area contributed by atoms with Crippen LogP contribution in [0, 0.1) is 5.92 Å². The summed E-state index contributed by atoms with van der Waals surface area (Å²) in [5, 5.41) is 4.11. The lowest BCUT2D eigenvalue weighted by Gasteiger charge is -2.30. The Labute approximate surface area is 147 Å². The lowest BCUT2D eigenvalue weighted by Crippen LogP contribution is -2.34. The van der Waals surface area contributed by atoms with Gasteiger partial charge in [-0.15, -0.1) is 0 Å². The van der Waals surface area contributed by atoms with E-state index in [1.54, 1.807) is 12.3 Å². The summed E-state index contributed by atoms with van der Waals surface area (Å²) in [6.07, 6.45) is 4.59. The van der Waals surface area contributed by atoms with Crippen LogP contribution >= 0.6 is 0 Å². The Morgan fingerprint density at radius 1 is 1.48 bits per heavy atom. The third kappa shape index (κ3) is 4.48. The molecule has 1 saturated heterocycles. The number of aromatic nitrogens is 3. The number of methoxy groups -OCH3 is 1. The molecule has 1 fully saturated rings. The van der Waals surface area contributed by atoms with Crippen LogP contribution in [0.1, 0.15) is 50.0 Å². The predicted octanol–water partition coefficient (Wildman–Crippen LogP) is 2.34. The average Bonchev–Trinajstić information content (AvgIpc) is 3.03. The van der Waals surface area contributed by atoms with Gasteiger partial charge in [0.2, 0.25) is 11.3 Å². The van der Waals surface area contributed by atoms with Crippen LogP contribution in [0.15, 0.2) is 21.6 Å². The molecular weight excluding hydrogens is 320 g/mol. The quantitative estimate of drug-likeness (QED) is 0.864. The maximum absolute atomic E-state index is 11.9. The number of aromatic amines is 1. The Kier molecular flexibility index (Phi) is 5.53. The molecule has 1 N–H and O–H groups in total. The van der Waals surface area contributed by atoms with Crippen LogP contribution in [0.3, 0.4) is 0 Å². The summed E-state index contributed by atoms with van der Waals surface area (Å²) >= 11 is 0. The Hall–Kier alpha value is -2.15. The third-order valence-electron chi connectivity index (χ3n) is 4.48. The first-order chi connectivity index (χ1) is 12.0. The van der Waals surface area contributed by atoms with Crippen molar-refractivity contribution in [2.75, 3.05) is 20.2 Å². The van der Waals surface area contributed by atoms with Gasteiger partial charge in [0.25, 0.3) is 0 Å². The minimum Gasteiger partial charge on any atom is -0.491 e. The summed E-state index contributed by atoms with van der Waals surface area (Å²) in [4.78, 5) is 21.9. The van der Waals surface area contributed by atoms with E-state index < -0.39 is 0 Å². The van der Waals surface area contributed by atoms with E-state index in [0.717, 1.165) is 49.8 Å². The molecule has 3 rings (SSSR count). The van der Waals surface area contributed by atoms with Gasteiger partial charge in [-0.1, -0.05) is 19.0 Å². The lowest BCUT2D eigenvalue weighted by molar-refractivity contribution is 0.178. The fraction of sp³-hybridized carbons (Fsp3) is 0.611. The minimum absolute atomic E-state index is 0.0972. The second-order valence-electron chi connectivity index (χ2n) is 7.11. The number of piperidine rings is 1. The number of hydrogen-bond donors (Lipinski definition) is 1. The van der Waals surface area contributed by atoms with Gasteiger partial charge in [0.05, 0.1) is 13.0 Å². The second kappa shape index (κ2) is 7.82. The van der Waals surface area contributed by atoms with Crippen molar-refractivity contribution < 1.29 is 9.26 Å². The smallest absolute Gasteiger partial charge is 0.231 e. The predicted molar refractivity (Wildman–Crippen MR) is 93.7 cm³/mol. The topological polar surface area (TPSA) is 84.2 Å². The fourth-order valence-electron chi connectivity index (χ4n) is 3.27. The van der Waals surface area contributed by atoms with E-state index >= 15 is 0 Å². The maximum atomic E-state index is 11.9. The first kappa shape index (κ1) is 17.7. The van der Waals surface area contributed by atoms with Crippen molar-refractivity contribution in [3.05, 3.63) is 39.9 Å². The fourth-order valence-corrected chi connectivity index (χ4v) is 3.27. The highest BCUT2D eigenvalue weighted by Crippen LogP contribution is 2.26. The Balaban J connectivity index is 1.64. The summed E-state index contributed by atoms with van der Waals surface area (Å²) in [5.41, 5.74) is 0.789. The van der Waals surface area contributed by atoms with Crippen LogP contribution in [0.25, 0.3) is 0 Å². The number of nitrogens with one attached hydrogen (secondary N) is 1. The van der Waals surface area contributed by atoms with Gasteiger partial charge in [-0.25, -0.2) is 0 Å². The van der Waals surface area contributed by atoms with Crippen molar-refractivity contribution in [2.45, 2.75) is 45.6 Å². The highest BCUT2D eigenvalue weighted by molar-refractivity contribution is 5.20. The summed E-state index contributed by atoms with van der Waals surface area (Å²) < 4.78 is 10.5. The maximum Gasteiger partial charge on any atom is 0.231 e. The molecule has 2 aromatic rings. The summed E-state index contributed by atoms with van der Waals surface area (Å²) in [6, 6.07) is 1.61. The second-order valence-corrected chi connectivity index (χ2v) is 7.11. The van der Waals surface area contributed by atoms with Crippen molar-refractivity contribution >= 4 is 0 Å². The number of rotatable bonds is 6. The van der Waals surface area contributed by atoms with Gasteiger partial charge in [-0.3, -0.25) is 9.69 Å². The monoisotopic (exact) mass is 346 g/mol. The van der Waals surface area contributed by atoms with Crippen LogP contribution in [0.5, 0.6) is 5.75 Å². The summed E-state index contributed by atoms with van der Waals surface area (Å²) in [6.45, 7) is 6.85. The molecule has 0 amide bonds. The number of ether oxygens (including phenoxy) is 1. The molecule has 7 heteroatoms. The zero-order valence-corrected chi connectivity index (χ0v) is 15.1. The molecule has 0 aromatic carbocycles. The van der Waals surface area contributed by atoms with E-state index in [-0.39, 0.29) is 11.3 Å².